The van der Waals surface area contributed by atoms with Gasteiger partial charge in [0, 0.05) is 19.1 Å². The van der Waals surface area contributed by atoms with E-state index in [0.29, 0.717) is 19.0 Å². The standard InChI is InChI=1S/C16H25N3O3S/c1-2-14-5-3-4-12-19(14)16(20)18-11-10-13-6-8-15(9-7-13)23(17,21)22/h6-9,14H,2-5,10-12H2,1H3,(H,18,20)(H2,17,21,22). The molecule has 128 valence electrons. The average molecular weight is 339 g/mol. The van der Waals surface area contributed by atoms with Crippen LogP contribution in [0.5, 0.6) is 0 Å². The van der Waals surface area contributed by atoms with Crippen LogP contribution in [-0.2, 0) is 16.4 Å². The number of urea groups is 1. The van der Waals surface area contributed by atoms with Gasteiger partial charge in [0.25, 0.3) is 0 Å². The van der Waals surface area contributed by atoms with Gasteiger partial charge >= 0.3 is 6.03 Å². The quantitative estimate of drug-likeness (QED) is 0.857. The number of piperidine rings is 1. The number of nitrogens with one attached hydrogen (secondary N) is 1. The molecule has 0 radical (unpaired) electrons. The topological polar surface area (TPSA) is 92.5 Å². The maximum absolute atomic E-state index is 12.3. The van der Waals surface area contributed by atoms with Gasteiger partial charge in [-0.05, 0) is 49.8 Å². The number of nitrogens with two attached hydrogens (primary N) is 1. The number of carbonyl (C=O) groups is 1. The Morgan fingerprint density at radius 1 is 1.30 bits per heavy atom. The van der Waals surface area contributed by atoms with Crippen molar-refractivity contribution in [3.63, 3.8) is 0 Å². The largest absolute Gasteiger partial charge is 0.338 e. The van der Waals surface area contributed by atoms with Crippen molar-refractivity contribution in [2.45, 2.75) is 50.0 Å². The first-order chi connectivity index (χ1) is 10.9. The van der Waals surface area contributed by atoms with Crippen molar-refractivity contribution in [1.29, 1.82) is 0 Å². The molecule has 1 saturated heterocycles. The normalized spacial score (nSPS) is 18.7. The summed E-state index contributed by atoms with van der Waals surface area (Å²) in [6.45, 7) is 3.47. The Balaban J connectivity index is 1.83. The lowest BCUT2D eigenvalue weighted by Crippen LogP contribution is -2.48. The molecule has 1 aliphatic rings. The molecule has 6 nitrogen and oxygen atoms in total. The third-order valence-electron chi connectivity index (χ3n) is 4.30. The van der Waals surface area contributed by atoms with E-state index < -0.39 is 10.0 Å². The van der Waals surface area contributed by atoms with Crippen molar-refractivity contribution >= 4 is 16.1 Å². The molecule has 23 heavy (non-hydrogen) atoms. The van der Waals surface area contributed by atoms with Gasteiger partial charge in [-0.2, -0.15) is 0 Å². The third-order valence-corrected chi connectivity index (χ3v) is 5.23. The van der Waals surface area contributed by atoms with Crippen LogP contribution in [0.25, 0.3) is 0 Å². The average Bonchev–Trinajstić information content (AvgIpc) is 2.54. The second-order valence-corrected chi connectivity index (χ2v) is 7.48. The highest BCUT2D eigenvalue weighted by Gasteiger charge is 2.24. The summed E-state index contributed by atoms with van der Waals surface area (Å²) in [4.78, 5) is 14.3. The minimum atomic E-state index is -3.65. The van der Waals surface area contributed by atoms with Gasteiger partial charge in [-0.1, -0.05) is 19.1 Å². The number of nitrogens with zero attached hydrogens (tertiary/aromatic N) is 1. The molecule has 1 heterocycles. The zero-order chi connectivity index (χ0) is 16.9. The molecule has 1 aromatic rings. The molecule has 2 rings (SSSR count). The molecule has 3 N–H and O–H groups in total. The maximum Gasteiger partial charge on any atom is 0.317 e. The van der Waals surface area contributed by atoms with E-state index in [0.717, 1.165) is 31.4 Å². The maximum atomic E-state index is 12.3. The predicted molar refractivity (Wildman–Crippen MR) is 89.6 cm³/mol. The van der Waals surface area contributed by atoms with Gasteiger partial charge in [0.05, 0.1) is 4.90 Å². The smallest absolute Gasteiger partial charge is 0.317 e. The highest BCUT2D eigenvalue weighted by molar-refractivity contribution is 7.89. The van der Waals surface area contributed by atoms with Gasteiger partial charge in [0.1, 0.15) is 0 Å². The molecule has 1 fully saturated rings. The first-order valence-electron chi connectivity index (χ1n) is 8.08. The first-order valence-corrected chi connectivity index (χ1v) is 9.62. The molecule has 7 heteroatoms. The summed E-state index contributed by atoms with van der Waals surface area (Å²) in [5, 5.41) is 8.02. The van der Waals surface area contributed by atoms with Crippen LogP contribution in [0.2, 0.25) is 0 Å². The van der Waals surface area contributed by atoms with Gasteiger partial charge in [-0.25, -0.2) is 18.4 Å². The van der Waals surface area contributed by atoms with E-state index >= 15 is 0 Å². The van der Waals surface area contributed by atoms with Crippen LogP contribution in [0.15, 0.2) is 29.2 Å². The number of primary sulfonamides is 1. The van der Waals surface area contributed by atoms with E-state index in [2.05, 4.69) is 12.2 Å². The molecule has 1 aromatic carbocycles. The van der Waals surface area contributed by atoms with E-state index in [9.17, 15) is 13.2 Å². The number of hydrogen-bond donors (Lipinski definition) is 2. The van der Waals surface area contributed by atoms with Crippen LogP contribution >= 0.6 is 0 Å². The SMILES string of the molecule is CCC1CCCCN1C(=O)NCCc1ccc(S(N)(=O)=O)cc1. The van der Waals surface area contributed by atoms with Crippen molar-refractivity contribution in [2.24, 2.45) is 5.14 Å². The van der Waals surface area contributed by atoms with Crippen LogP contribution in [0.3, 0.4) is 0 Å². The summed E-state index contributed by atoms with van der Waals surface area (Å²) in [6.07, 6.45) is 4.99. The molecule has 0 aliphatic carbocycles. The lowest BCUT2D eigenvalue weighted by Gasteiger charge is -2.35. The molecule has 0 bridgehead atoms. The van der Waals surface area contributed by atoms with Crippen molar-refractivity contribution in [1.82, 2.24) is 10.2 Å². The van der Waals surface area contributed by atoms with Gasteiger partial charge < -0.3 is 10.2 Å². The lowest BCUT2D eigenvalue weighted by atomic mass is 10.0. The molecule has 0 aromatic heterocycles. The molecule has 1 atom stereocenters. The third kappa shape index (κ3) is 4.94. The fourth-order valence-electron chi connectivity index (χ4n) is 2.95. The van der Waals surface area contributed by atoms with E-state index in [1.54, 1.807) is 12.1 Å². The zero-order valence-corrected chi connectivity index (χ0v) is 14.3. The van der Waals surface area contributed by atoms with Crippen LogP contribution < -0.4 is 10.5 Å². The van der Waals surface area contributed by atoms with Gasteiger partial charge in [0.2, 0.25) is 10.0 Å². The molecular weight excluding hydrogens is 314 g/mol. The minimum Gasteiger partial charge on any atom is -0.338 e. The molecule has 0 saturated carbocycles. The number of benzene rings is 1. The molecule has 1 unspecified atom stereocenters. The summed E-state index contributed by atoms with van der Waals surface area (Å²) < 4.78 is 22.4. The fourth-order valence-corrected chi connectivity index (χ4v) is 3.47. The van der Waals surface area contributed by atoms with Crippen molar-refractivity contribution in [3.8, 4) is 0 Å². The second-order valence-electron chi connectivity index (χ2n) is 5.92. The molecule has 1 aliphatic heterocycles. The van der Waals surface area contributed by atoms with Crippen LogP contribution in [0.1, 0.15) is 38.2 Å². The van der Waals surface area contributed by atoms with Gasteiger partial charge in [-0.3, -0.25) is 0 Å². The Morgan fingerprint density at radius 3 is 2.61 bits per heavy atom. The highest BCUT2D eigenvalue weighted by Crippen LogP contribution is 2.19. The summed E-state index contributed by atoms with van der Waals surface area (Å²) in [5.74, 6) is 0. The zero-order valence-electron chi connectivity index (χ0n) is 13.5. The number of carbonyl (C=O) groups excluding carboxylic acids is 1. The summed E-state index contributed by atoms with van der Waals surface area (Å²) >= 11 is 0. The van der Waals surface area contributed by atoms with Crippen molar-refractivity contribution in [2.75, 3.05) is 13.1 Å². The van der Waals surface area contributed by atoms with Crippen molar-refractivity contribution < 1.29 is 13.2 Å². The number of likely N-dealkylation sites (tertiary alicyclic amines) is 1. The van der Waals surface area contributed by atoms with E-state index in [1.165, 1.54) is 18.6 Å². The summed E-state index contributed by atoms with van der Waals surface area (Å²) in [7, 11) is -3.65. The first kappa shape index (κ1) is 17.7. The van der Waals surface area contributed by atoms with E-state index in [4.69, 9.17) is 5.14 Å². The fraction of sp³-hybridized carbons (Fsp3) is 0.562. The van der Waals surface area contributed by atoms with Gasteiger partial charge in [0.15, 0.2) is 0 Å². The number of hydrogen-bond acceptors (Lipinski definition) is 3. The Hall–Kier alpha value is -1.60. The summed E-state index contributed by atoms with van der Waals surface area (Å²) in [5.41, 5.74) is 0.961. The highest BCUT2D eigenvalue weighted by atomic mass is 32.2. The second kappa shape index (κ2) is 7.79. The number of amides is 2. The Labute approximate surface area is 138 Å². The monoisotopic (exact) mass is 339 g/mol. The van der Waals surface area contributed by atoms with Crippen LogP contribution in [-0.4, -0.2) is 38.5 Å². The predicted octanol–water partition coefficient (Wildman–Crippen LogP) is 1.85. The number of rotatable bonds is 5. The Morgan fingerprint density at radius 2 is 2.00 bits per heavy atom. The molecule has 0 spiro atoms. The van der Waals surface area contributed by atoms with Crippen LogP contribution in [0, 0.1) is 0 Å². The summed E-state index contributed by atoms with van der Waals surface area (Å²) in [6, 6.07) is 6.77. The van der Waals surface area contributed by atoms with Crippen LogP contribution in [0.4, 0.5) is 4.79 Å². The Kier molecular flexibility index (Phi) is 6.01. The lowest BCUT2D eigenvalue weighted by molar-refractivity contribution is 0.149. The molecule has 2 amide bonds. The molecular formula is C16H25N3O3S. The minimum absolute atomic E-state index is 0.00212. The Bertz CT molecular complexity index is 628. The number of sulfonamides is 1. The van der Waals surface area contributed by atoms with Crippen molar-refractivity contribution in [3.05, 3.63) is 29.8 Å². The van der Waals surface area contributed by atoms with Gasteiger partial charge in [-0.15, -0.1) is 0 Å². The van der Waals surface area contributed by atoms with E-state index in [-0.39, 0.29) is 10.9 Å². The van der Waals surface area contributed by atoms with E-state index in [1.807, 2.05) is 4.90 Å².